The van der Waals surface area contributed by atoms with Gasteiger partial charge in [-0.1, -0.05) is 19.1 Å². The summed E-state index contributed by atoms with van der Waals surface area (Å²) in [5.74, 6) is 1.58. The fraction of sp³-hybridized carbons (Fsp3) is 0.375. The van der Waals surface area contributed by atoms with Crippen LogP contribution in [0.4, 0.5) is 0 Å². The molecule has 1 N–H and O–H groups in total. The Hall–Kier alpha value is -1.04. The van der Waals surface area contributed by atoms with Gasteiger partial charge in [0.2, 0.25) is 0 Å². The number of thiophene rings is 1. The van der Waals surface area contributed by atoms with E-state index in [2.05, 4.69) is 46.4 Å². The minimum atomic E-state index is 0.200. The van der Waals surface area contributed by atoms with Gasteiger partial charge in [-0.05, 0) is 40.7 Å². The lowest BCUT2D eigenvalue weighted by atomic mass is 10.0. The van der Waals surface area contributed by atoms with Crippen LogP contribution in [-0.4, -0.2) is 20.8 Å². The second-order valence-corrected chi connectivity index (χ2v) is 7.15. The predicted molar refractivity (Wildman–Crippen MR) is 91.7 cm³/mol. The zero-order chi connectivity index (χ0) is 15.2. The minimum absolute atomic E-state index is 0.200. The van der Waals surface area contributed by atoms with Gasteiger partial charge in [-0.2, -0.15) is 0 Å². The summed E-state index contributed by atoms with van der Waals surface area (Å²) in [7, 11) is 3.35. The molecule has 0 amide bonds. The van der Waals surface area contributed by atoms with Gasteiger partial charge >= 0.3 is 0 Å². The van der Waals surface area contributed by atoms with Crippen LogP contribution in [0.1, 0.15) is 23.4 Å². The molecule has 3 nitrogen and oxygen atoms in total. The minimum Gasteiger partial charge on any atom is -0.493 e. The number of halogens is 1. The van der Waals surface area contributed by atoms with Crippen molar-refractivity contribution in [2.45, 2.75) is 19.4 Å². The van der Waals surface area contributed by atoms with Crippen molar-refractivity contribution in [2.24, 2.45) is 0 Å². The Morgan fingerprint density at radius 2 is 2.00 bits per heavy atom. The molecule has 0 fully saturated rings. The third-order valence-corrected chi connectivity index (χ3v) is 4.94. The quantitative estimate of drug-likeness (QED) is 0.783. The Labute approximate surface area is 138 Å². The van der Waals surface area contributed by atoms with Crippen LogP contribution in [-0.2, 0) is 6.42 Å². The summed E-state index contributed by atoms with van der Waals surface area (Å²) in [4.78, 5) is 1.33. The van der Waals surface area contributed by atoms with E-state index < -0.39 is 0 Å². The molecule has 0 saturated carbocycles. The molecule has 0 aliphatic rings. The Balaban J connectivity index is 2.33. The summed E-state index contributed by atoms with van der Waals surface area (Å²) in [5, 5.41) is 3.54. The highest BCUT2D eigenvalue weighted by Crippen LogP contribution is 2.36. The third kappa shape index (κ3) is 3.99. The maximum Gasteiger partial charge on any atom is 0.165 e. The smallest absolute Gasteiger partial charge is 0.165 e. The molecule has 2 aromatic rings. The van der Waals surface area contributed by atoms with Gasteiger partial charge in [0, 0.05) is 22.9 Å². The number of likely N-dealkylation sites (N-methyl/N-ethyl adjacent to an activating group) is 1. The average Bonchev–Trinajstić information content (AvgIpc) is 2.91. The van der Waals surface area contributed by atoms with Gasteiger partial charge in [0.15, 0.2) is 11.5 Å². The fourth-order valence-electron chi connectivity index (χ4n) is 2.39. The molecule has 21 heavy (non-hydrogen) atoms. The first kappa shape index (κ1) is 16.3. The van der Waals surface area contributed by atoms with Gasteiger partial charge in [0.1, 0.15) is 0 Å². The predicted octanol–water partition coefficient (Wildman–Crippen LogP) is 4.42. The van der Waals surface area contributed by atoms with Gasteiger partial charge < -0.3 is 14.8 Å². The number of ether oxygens (including phenoxy) is 2. The topological polar surface area (TPSA) is 30.5 Å². The molecule has 0 aliphatic heterocycles. The molecule has 1 aromatic heterocycles. The van der Waals surface area contributed by atoms with E-state index in [0.29, 0.717) is 0 Å². The van der Waals surface area contributed by atoms with Gasteiger partial charge in [0.05, 0.1) is 18.0 Å². The first-order valence-corrected chi connectivity index (χ1v) is 8.49. The van der Waals surface area contributed by atoms with Gasteiger partial charge in [-0.3, -0.25) is 0 Å². The normalized spacial score (nSPS) is 12.2. The fourth-order valence-corrected chi connectivity index (χ4v) is 3.92. The molecule has 0 radical (unpaired) electrons. The van der Waals surface area contributed by atoms with Crippen molar-refractivity contribution in [1.82, 2.24) is 5.32 Å². The summed E-state index contributed by atoms with van der Waals surface area (Å²) in [6.07, 6.45) is 0.924. The monoisotopic (exact) mass is 369 g/mol. The van der Waals surface area contributed by atoms with E-state index in [1.54, 1.807) is 25.6 Å². The lowest BCUT2D eigenvalue weighted by Gasteiger charge is -2.21. The summed E-state index contributed by atoms with van der Waals surface area (Å²) in [5.41, 5.74) is 1.13. The molecule has 114 valence electrons. The lowest BCUT2D eigenvalue weighted by Crippen LogP contribution is -2.23. The summed E-state index contributed by atoms with van der Waals surface area (Å²) < 4.78 is 12.1. The SMILES string of the molecule is CCNC(Cc1ccc(Br)s1)c1cccc(OC)c1OC. The average molecular weight is 370 g/mol. The molecule has 1 atom stereocenters. The van der Waals surface area contributed by atoms with Crippen LogP contribution in [0.2, 0.25) is 0 Å². The van der Waals surface area contributed by atoms with E-state index in [-0.39, 0.29) is 6.04 Å². The zero-order valence-corrected chi connectivity index (χ0v) is 14.9. The number of hydrogen-bond acceptors (Lipinski definition) is 4. The number of hydrogen-bond donors (Lipinski definition) is 1. The Bertz CT molecular complexity index is 585. The summed E-state index contributed by atoms with van der Waals surface area (Å²) >= 11 is 5.29. The van der Waals surface area contributed by atoms with Crippen molar-refractivity contribution in [3.63, 3.8) is 0 Å². The van der Waals surface area contributed by atoms with E-state index in [1.165, 1.54) is 4.88 Å². The van der Waals surface area contributed by atoms with Gasteiger partial charge in [0.25, 0.3) is 0 Å². The highest BCUT2D eigenvalue weighted by Gasteiger charge is 2.19. The first-order chi connectivity index (χ1) is 10.2. The Kier molecular flexibility index (Phi) is 6.08. The molecule has 1 unspecified atom stereocenters. The van der Waals surface area contributed by atoms with Crippen LogP contribution in [0.25, 0.3) is 0 Å². The van der Waals surface area contributed by atoms with Crippen LogP contribution < -0.4 is 14.8 Å². The first-order valence-electron chi connectivity index (χ1n) is 6.88. The maximum absolute atomic E-state index is 5.57. The van der Waals surface area contributed by atoms with Crippen molar-refractivity contribution >= 4 is 27.3 Å². The molecule has 1 heterocycles. The van der Waals surface area contributed by atoms with E-state index >= 15 is 0 Å². The number of methoxy groups -OCH3 is 2. The Morgan fingerprint density at radius 1 is 1.19 bits per heavy atom. The highest BCUT2D eigenvalue weighted by atomic mass is 79.9. The maximum atomic E-state index is 5.57. The van der Waals surface area contributed by atoms with Crippen molar-refractivity contribution in [3.8, 4) is 11.5 Å². The van der Waals surface area contributed by atoms with Crippen LogP contribution in [0, 0.1) is 0 Å². The number of benzene rings is 1. The molecular weight excluding hydrogens is 350 g/mol. The van der Waals surface area contributed by atoms with E-state index in [4.69, 9.17) is 9.47 Å². The van der Waals surface area contributed by atoms with E-state index in [9.17, 15) is 0 Å². The van der Waals surface area contributed by atoms with Crippen LogP contribution in [0.5, 0.6) is 11.5 Å². The van der Waals surface area contributed by atoms with Crippen LogP contribution >= 0.6 is 27.3 Å². The molecule has 5 heteroatoms. The van der Waals surface area contributed by atoms with Crippen molar-refractivity contribution in [2.75, 3.05) is 20.8 Å². The van der Waals surface area contributed by atoms with E-state index in [1.807, 2.05) is 12.1 Å². The third-order valence-electron chi connectivity index (χ3n) is 3.29. The molecule has 0 saturated heterocycles. The lowest BCUT2D eigenvalue weighted by molar-refractivity contribution is 0.346. The molecule has 2 rings (SSSR count). The largest absolute Gasteiger partial charge is 0.493 e. The number of nitrogens with one attached hydrogen (secondary N) is 1. The zero-order valence-electron chi connectivity index (χ0n) is 12.5. The second-order valence-electron chi connectivity index (χ2n) is 4.60. The van der Waals surface area contributed by atoms with Gasteiger partial charge in [-0.15, -0.1) is 11.3 Å². The standard InChI is InChI=1S/C16H20BrNO2S/c1-4-18-13(10-11-8-9-15(17)21-11)12-6-5-7-14(19-2)16(12)20-3/h5-9,13,18H,4,10H2,1-3H3. The van der Waals surface area contributed by atoms with Crippen molar-refractivity contribution in [1.29, 1.82) is 0 Å². The molecule has 0 bridgehead atoms. The second kappa shape index (κ2) is 7.82. The summed E-state index contributed by atoms with van der Waals surface area (Å²) in [6, 6.07) is 10.5. The number of para-hydroxylation sites is 1. The van der Waals surface area contributed by atoms with Crippen molar-refractivity contribution < 1.29 is 9.47 Å². The highest BCUT2D eigenvalue weighted by molar-refractivity contribution is 9.11. The van der Waals surface area contributed by atoms with E-state index in [0.717, 1.165) is 33.8 Å². The molecule has 0 aliphatic carbocycles. The van der Waals surface area contributed by atoms with Crippen molar-refractivity contribution in [3.05, 3.63) is 44.6 Å². The van der Waals surface area contributed by atoms with Crippen LogP contribution in [0.15, 0.2) is 34.1 Å². The molecule has 0 spiro atoms. The summed E-state index contributed by atoms with van der Waals surface area (Å²) in [6.45, 7) is 3.02. The van der Waals surface area contributed by atoms with Gasteiger partial charge in [-0.25, -0.2) is 0 Å². The molecule has 1 aromatic carbocycles. The molecular formula is C16H20BrNO2S. The number of rotatable bonds is 7. The Morgan fingerprint density at radius 3 is 2.57 bits per heavy atom. The van der Waals surface area contributed by atoms with Crippen LogP contribution in [0.3, 0.4) is 0 Å².